The number of benzene rings is 1. The number of esters is 1. The minimum Gasteiger partial charge on any atom is -0.465 e. The van der Waals surface area contributed by atoms with Crippen LogP contribution in [0.4, 0.5) is 0 Å². The first-order valence-corrected chi connectivity index (χ1v) is 4.55. The van der Waals surface area contributed by atoms with Crippen molar-refractivity contribution < 1.29 is 9.53 Å². The molecule has 0 saturated carbocycles. The average Bonchev–Trinajstić information content (AvgIpc) is 2.27. The molecule has 1 aromatic rings. The van der Waals surface area contributed by atoms with E-state index in [0.717, 1.165) is 0 Å². The quantitative estimate of drug-likeness (QED) is 0.328. The summed E-state index contributed by atoms with van der Waals surface area (Å²) in [6.45, 7) is 1.97. The Kier molecular flexibility index (Phi) is 4.19. The van der Waals surface area contributed by atoms with Crippen molar-refractivity contribution in [2.45, 2.75) is 13.0 Å². The number of carbonyl (C=O) groups is 1. The zero-order valence-corrected chi connectivity index (χ0v) is 8.33. The highest BCUT2D eigenvalue weighted by atomic mass is 16.5. The van der Waals surface area contributed by atoms with E-state index in [4.69, 9.17) is 10.3 Å². The number of nitrogens with zero attached hydrogens (tertiary/aromatic N) is 3. The van der Waals surface area contributed by atoms with Gasteiger partial charge in [-0.25, -0.2) is 0 Å². The van der Waals surface area contributed by atoms with E-state index in [1.165, 1.54) is 0 Å². The zero-order valence-electron chi connectivity index (χ0n) is 8.33. The summed E-state index contributed by atoms with van der Waals surface area (Å²) in [7, 11) is 0. The second-order valence-corrected chi connectivity index (χ2v) is 2.77. The molecule has 0 unspecified atom stereocenters. The van der Waals surface area contributed by atoms with Gasteiger partial charge in [-0.3, -0.25) is 4.79 Å². The van der Waals surface area contributed by atoms with E-state index < -0.39 is 12.0 Å². The monoisotopic (exact) mass is 205 g/mol. The summed E-state index contributed by atoms with van der Waals surface area (Å²) in [5, 5.41) is 3.42. The average molecular weight is 205 g/mol. The smallest absolute Gasteiger partial charge is 0.319 e. The predicted octanol–water partition coefficient (Wildman–Crippen LogP) is 2.60. The van der Waals surface area contributed by atoms with E-state index >= 15 is 0 Å². The fraction of sp³-hybridized carbons (Fsp3) is 0.300. The molecule has 15 heavy (non-hydrogen) atoms. The molecule has 0 radical (unpaired) electrons. The Morgan fingerprint density at radius 2 is 2.20 bits per heavy atom. The standard InChI is InChI=1S/C10H11N3O2/c1-2-15-10(14)9(12-13-11)8-6-4-3-5-7-8/h3-7,9H,2H2,1H3/t9-/m1/s1. The molecule has 0 aliphatic heterocycles. The van der Waals surface area contributed by atoms with E-state index in [0.29, 0.717) is 5.56 Å². The first-order chi connectivity index (χ1) is 7.29. The van der Waals surface area contributed by atoms with Gasteiger partial charge in [-0.2, -0.15) is 0 Å². The van der Waals surface area contributed by atoms with Crippen molar-refractivity contribution in [3.05, 3.63) is 46.3 Å². The lowest BCUT2D eigenvalue weighted by atomic mass is 10.1. The molecule has 1 rings (SSSR count). The summed E-state index contributed by atoms with van der Waals surface area (Å²) >= 11 is 0. The maximum absolute atomic E-state index is 11.4. The molecule has 0 bridgehead atoms. The molecule has 0 aliphatic carbocycles. The summed E-state index contributed by atoms with van der Waals surface area (Å²) < 4.78 is 4.81. The third-order valence-corrected chi connectivity index (χ3v) is 1.79. The molecule has 78 valence electrons. The number of azide groups is 1. The molecular weight excluding hydrogens is 194 g/mol. The van der Waals surface area contributed by atoms with Gasteiger partial charge in [0, 0.05) is 4.91 Å². The van der Waals surface area contributed by atoms with Crippen molar-refractivity contribution in [1.82, 2.24) is 0 Å². The summed E-state index contributed by atoms with van der Waals surface area (Å²) in [6.07, 6.45) is 0. The lowest BCUT2D eigenvalue weighted by molar-refractivity contribution is -0.144. The lowest BCUT2D eigenvalue weighted by Gasteiger charge is -2.09. The van der Waals surface area contributed by atoms with Crippen molar-refractivity contribution >= 4 is 5.97 Å². The zero-order chi connectivity index (χ0) is 11.1. The molecule has 0 aromatic heterocycles. The minimum absolute atomic E-state index is 0.267. The van der Waals surface area contributed by atoms with Crippen LogP contribution in [0.1, 0.15) is 18.5 Å². The highest BCUT2D eigenvalue weighted by Crippen LogP contribution is 2.18. The SMILES string of the molecule is CCOC(=O)[C@H](N=[N+]=[N-])c1ccccc1. The first kappa shape index (κ1) is 11.1. The van der Waals surface area contributed by atoms with Gasteiger partial charge in [0.15, 0.2) is 6.04 Å². The highest BCUT2D eigenvalue weighted by molar-refractivity contribution is 5.77. The van der Waals surface area contributed by atoms with Crippen molar-refractivity contribution in [2.24, 2.45) is 5.11 Å². The first-order valence-electron chi connectivity index (χ1n) is 4.55. The molecule has 0 saturated heterocycles. The largest absolute Gasteiger partial charge is 0.465 e. The summed E-state index contributed by atoms with van der Waals surface area (Å²) in [5.41, 5.74) is 9.00. The number of carbonyl (C=O) groups excluding carboxylic acids is 1. The van der Waals surface area contributed by atoms with E-state index in [2.05, 4.69) is 10.0 Å². The van der Waals surface area contributed by atoms with Crippen molar-refractivity contribution in [2.75, 3.05) is 6.61 Å². The Labute approximate surface area is 87.3 Å². The third kappa shape index (κ3) is 3.00. The Hall–Kier alpha value is -2.00. The molecule has 1 atom stereocenters. The van der Waals surface area contributed by atoms with Crippen LogP contribution in [0.3, 0.4) is 0 Å². The Morgan fingerprint density at radius 3 is 2.73 bits per heavy atom. The van der Waals surface area contributed by atoms with Crippen molar-refractivity contribution in [1.29, 1.82) is 0 Å². The molecular formula is C10H11N3O2. The van der Waals surface area contributed by atoms with Gasteiger partial charge in [0.2, 0.25) is 0 Å². The number of hydrogen-bond acceptors (Lipinski definition) is 3. The maximum Gasteiger partial charge on any atom is 0.319 e. The molecule has 0 N–H and O–H groups in total. The molecule has 0 heterocycles. The van der Waals surface area contributed by atoms with Crippen LogP contribution in [0.15, 0.2) is 35.4 Å². The van der Waals surface area contributed by atoms with Crippen LogP contribution in [0.5, 0.6) is 0 Å². The highest BCUT2D eigenvalue weighted by Gasteiger charge is 2.19. The Bertz CT molecular complexity index is 372. The van der Waals surface area contributed by atoms with Crippen LogP contribution in [0.25, 0.3) is 10.4 Å². The van der Waals surface area contributed by atoms with Gasteiger partial charge in [0.1, 0.15) is 0 Å². The number of ether oxygens (including phenoxy) is 1. The van der Waals surface area contributed by atoms with Gasteiger partial charge in [-0.15, -0.1) is 0 Å². The molecule has 5 nitrogen and oxygen atoms in total. The topological polar surface area (TPSA) is 75.1 Å². The fourth-order valence-corrected chi connectivity index (χ4v) is 1.16. The van der Waals surface area contributed by atoms with Crippen molar-refractivity contribution in [3.8, 4) is 0 Å². The number of rotatable bonds is 4. The lowest BCUT2D eigenvalue weighted by Crippen LogP contribution is -2.13. The molecule has 1 aromatic carbocycles. The Morgan fingerprint density at radius 1 is 1.53 bits per heavy atom. The fourth-order valence-electron chi connectivity index (χ4n) is 1.16. The van der Waals surface area contributed by atoms with Gasteiger partial charge >= 0.3 is 5.97 Å². The third-order valence-electron chi connectivity index (χ3n) is 1.79. The molecule has 0 spiro atoms. The predicted molar refractivity (Wildman–Crippen MR) is 55.0 cm³/mol. The van der Waals surface area contributed by atoms with Gasteiger partial charge in [-0.1, -0.05) is 35.4 Å². The molecule has 5 heteroatoms. The van der Waals surface area contributed by atoms with Crippen molar-refractivity contribution in [3.63, 3.8) is 0 Å². The van der Waals surface area contributed by atoms with Gasteiger partial charge in [0.05, 0.1) is 6.61 Å². The van der Waals surface area contributed by atoms with E-state index in [1.807, 2.05) is 6.07 Å². The van der Waals surface area contributed by atoms with Crippen LogP contribution in [-0.2, 0) is 9.53 Å². The van der Waals surface area contributed by atoms with Gasteiger partial charge in [-0.05, 0) is 18.0 Å². The number of hydrogen-bond donors (Lipinski definition) is 0. The maximum atomic E-state index is 11.4. The summed E-state index contributed by atoms with van der Waals surface area (Å²) in [5.74, 6) is -0.526. The van der Waals surface area contributed by atoms with Gasteiger partial charge in [0.25, 0.3) is 0 Å². The van der Waals surface area contributed by atoms with Crippen LogP contribution in [-0.4, -0.2) is 12.6 Å². The van der Waals surface area contributed by atoms with Crippen LogP contribution >= 0.6 is 0 Å². The summed E-state index contributed by atoms with van der Waals surface area (Å²) in [4.78, 5) is 14.1. The molecule has 0 amide bonds. The summed E-state index contributed by atoms with van der Waals surface area (Å²) in [6, 6.07) is 7.91. The minimum atomic E-state index is -0.892. The Balaban J connectivity index is 2.93. The normalized spacial score (nSPS) is 11.3. The second-order valence-electron chi connectivity index (χ2n) is 2.77. The second kappa shape index (κ2) is 5.67. The molecule has 0 aliphatic rings. The van der Waals surface area contributed by atoms with Crippen LogP contribution in [0.2, 0.25) is 0 Å². The van der Waals surface area contributed by atoms with Crippen LogP contribution in [0, 0.1) is 0 Å². The van der Waals surface area contributed by atoms with E-state index in [9.17, 15) is 4.79 Å². The van der Waals surface area contributed by atoms with E-state index in [-0.39, 0.29) is 6.61 Å². The molecule has 0 fully saturated rings. The van der Waals surface area contributed by atoms with Crippen LogP contribution < -0.4 is 0 Å². The van der Waals surface area contributed by atoms with E-state index in [1.54, 1.807) is 31.2 Å². The van der Waals surface area contributed by atoms with Gasteiger partial charge < -0.3 is 4.74 Å².